The highest BCUT2D eigenvalue weighted by atomic mass is 31.3. The zero-order chi connectivity index (χ0) is 28.6. The van der Waals surface area contributed by atoms with E-state index in [0.717, 1.165) is 19.2 Å². The van der Waals surface area contributed by atoms with Gasteiger partial charge in [-0.3, -0.25) is 32.8 Å². The van der Waals surface area contributed by atoms with Gasteiger partial charge in [-0.05, 0) is 6.92 Å². The molecule has 11 atom stereocenters. The van der Waals surface area contributed by atoms with Crippen molar-refractivity contribution in [2.45, 2.75) is 69.0 Å². The first-order chi connectivity index (χ1) is 17.5. The van der Waals surface area contributed by atoms with E-state index in [1.807, 2.05) is 4.98 Å². The topological polar surface area (TPSA) is 291 Å². The van der Waals surface area contributed by atoms with Gasteiger partial charge in [0.2, 0.25) is 5.91 Å². The van der Waals surface area contributed by atoms with Gasteiger partial charge in [-0.1, -0.05) is 0 Å². The van der Waals surface area contributed by atoms with Crippen LogP contribution in [0.2, 0.25) is 0 Å². The van der Waals surface area contributed by atoms with Crippen LogP contribution in [0.3, 0.4) is 0 Å². The molecule has 2 aliphatic rings. The number of carbonyl (C=O) groups excluding carboxylic acids is 1. The monoisotopic (exact) mass is 589 g/mol. The second kappa shape index (κ2) is 11.7. The minimum absolute atomic E-state index is 0.713. The number of H-pyrrole nitrogens is 1. The quantitative estimate of drug-likeness (QED) is 0.147. The maximum absolute atomic E-state index is 12.3. The summed E-state index contributed by atoms with van der Waals surface area (Å²) in [6.07, 6.45) is -12.4. The van der Waals surface area contributed by atoms with Crippen LogP contribution in [-0.4, -0.2) is 91.4 Å². The number of hydrogen-bond acceptors (Lipinski definition) is 16. The van der Waals surface area contributed by atoms with Gasteiger partial charge in [0.25, 0.3) is 21.2 Å². The zero-order valence-electron chi connectivity index (χ0n) is 19.6. The molecule has 3 heterocycles. The highest BCUT2D eigenvalue weighted by Crippen LogP contribution is 2.57. The molecule has 2 saturated heterocycles. The molecular formula is C17H25N3O16P2-2. The number of amides is 1. The minimum atomic E-state index is -5.85. The SMILES string of the molecule is CC(=O)N[C@H]1[C@@H](OP(=O)([O-])OP(=O)([O-])OC[C@H]2O[C@@H](n3ccc(=O)[nH]c3=O)[C@H](O)[C@@H]2O)O[C@@H](C)[C@H](O)[C@H]1O. The average molecular weight is 589 g/mol. The normalized spacial score (nSPS) is 36.8. The Morgan fingerprint density at radius 2 is 1.76 bits per heavy atom. The summed E-state index contributed by atoms with van der Waals surface area (Å²) in [5, 5.41) is 42.5. The Kier molecular flexibility index (Phi) is 9.48. The van der Waals surface area contributed by atoms with E-state index < -0.39 is 94.6 Å². The Balaban J connectivity index is 1.64. The summed E-state index contributed by atoms with van der Waals surface area (Å²) in [6.45, 7) is 1.15. The first kappa shape index (κ1) is 30.7. The molecule has 1 aromatic heterocycles. The van der Waals surface area contributed by atoms with Crippen molar-refractivity contribution in [1.82, 2.24) is 14.9 Å². The van der Waals surface area contributed by atoms with Crippen LogP contribution in [0.5, 0.6) is 0 Å². The molecule has 21 heteroatoms. The third-order valence-electron chi connectivity index (χ3n) is 5.50. The number of aliphatic hydroxyl groups is 4. The number of aromatic amines is 1. The maximum atomic E-state index is 12.3. The lowest BCUT2D eigenvalue weighted by molar-refractivity contribution is -0.280. The van der Waals surface area contributed by atoms with Crippen molar-refractivity contribution in [3.8, 4) is 0 Å². The summed E-state index contributed by atoms with van der Waals surface area (Å²) in [7, 11) is -11.6. The van der Waals surface area contributed by atoms with Gasteiger partial charge in [0.15, 0.2) is 12.5 Å². The van der Waals surface area contributed by atoms with Gasteiger partial charge >= 0.3 is 5.69 Å². The predicted molar refractivity (Wildman–Crippen MR) is 115 cm³/mol. The largest absolute Gasteiger partial charge is 0.756 e. The van der Waals surface area contributed by atoms with Crippen molar-refractivity contribution in [3.63, 3.8) is 0 Å². The number of carbonyl (C=O) groups is 1. The van der Waals surface area contributed by atoms with E-state index in [9.17, 15) is 53.7 Å². The molecule has 0 spiro atoms. The summed E-state index contributed by atoms with van der Waals surface area (Å²) in [5.41, 5.74) is -1.76. The molecule has 1 amide bonds. The lowest BCUT2D eigenvalue weighted by Gasteiger charge is -2.43. The fraction of sp³-hybridized carbons (Fsp3) is 0.706. The van der Waals surface area contributed by atoms with Gasteiger partial charge in [0.1, 0.15) is 36.6 Å². The number of nitrogens with zero attached hydrogens (tertiary/aromatic N) is 1. The number of phosphoric ester groups is 2. The summed E-state index contributed by atoms with van der Waals surface area (Å²) in [5.74, 6) is -0.771. The summed E-state index contributed by atoms with van der Waals surface area (Å²) in [6, 6.07) is -0.722. The molecular weight excluding hydrogens is 564 g/mol. The average Bonchev–Trinajstić information content (AvgIpc) is 3.06. The first-order valence-corrected chi connectivity index (χ1v) is 13.7. The Morgan fingerprint density at radius 3 is 2.37 bits per heavy atom. The Labute approximate surface area is 212 Å². The van der Waals surface area contributed by atoms with Gasteiger partial charge in [-0.15, -0.1) is 0 Å². The van der Waals surface area contributed by atoms with Crippen molar-refractivity contribution in [1.29, 1.82) is 0 Å². The van der Waals surface area contributed by atoms with Crippen LogP contribution in [0.25, 0.3) is 0 Å². The highest BCUT2D eigenvalue weighted by molar-refractivity contribution is 7.59. The molecule has 0 radical (unpaired) electrons. The van der Waals surface area contributed by atoms with Crippen molar-refractivity contribution >= 4 is 21.6 Å². The summed E-state index contributed by atoms with van der Waals surface area (Å²) >= 11 is 0. The smallest absolute Gasteiger partial charge is 0.330 e. The van der Waals surface area contributed by atoms with E-state index in [-0.39, 0.29) is 0 Å². The van der Waals surface area contributed by atoms with Gasteiger partial charge in [-0.2, -0.15) is 0 Å². The number of rotatable bonds is 9. The van der Waals surface area contributed by atoms with E-state index in [0.29, 0.717) is 4.57 Å². The van der Waals surface area contributed by atoms with Crippen LogP contribution < -0.4 is 26.4 Å². The van der Waals surface area contributed by atoms with Crippen LogP contribution in [0.15, 0.2) is 21.9 Å². The number of phosphoric acid groups is 2. The fourth-order valence-electron chi connectivity index (χ4n) is 3.69. The first-order valence-electron chi connectivity index (χ1n) is 10.8. The third kappa shape index (κ3) is 7.22. The molecule has 2 fully saturated rings. The van der Waals surface area contributed by atoms with Gasteiger partial charge < -0.3 is 49.5 Å². The molecule has 0 aromatic carbocycles. The van der Waals surface area contributed by atoms with Gasteiger partial charge in [0, 0.05) is 19.2 Å². The van der Waals surface area contributed by atoms with Crippen LogP contribution in [0, 0.1) is 0 Å². The molecule has 0 aliphatic carbocycles. The molecule has 6 N–H and O–H groups in total. The Hall–Kier alpha value is -1.83. The molecule has 0 bridgehead atoms. The number of ether oxygens (including phenoxy) is 2. The number of aromatic nitrogens is 2. The van der Waals surface area contributed by atoms with Gasteiger partial charge in [-0.25, -0.2) is 9.11 Å². The number of hydrogen-bond donors (Lipinski definition) is 6. The lowest BCUT2D eigenvalue weighted by atomic mass is 9.98. The van der Waals surface area contributed by atoms with Crippen LogP contribution in [-0.2, 0) is 36.8 Å². The molecule has 2 aliphatic heterocycles. The van der Waals surface area contributed by atoms with Crippen LogP contribution >= 0.6 is 15.6 Å². The van der Waals surface area contributed by atoms with Crippen LogP contribution in [0.4, 0.5) is 0 Å². The number of aliphatic hydroxyl groups excluding tert-OH is 4. The van der Waals surface area contributed by atoms with Gasteiger partial charge in [0.05, 0.1) is 12.7 Å². The van der Waals surface area contributed by atoms with Crippen molar-refractivity contribution in [2.75, 3.05) is 6.61 Å². The molecule has 0 saturated carbocycles. The molecule has 38 heavy (non-hydrogen) atoms. The molecule has 2 unspecified atom stereocenters. The van der Waals surface area contributed by atoms with Crippen molar-refractivity contribution < 1.29 is 67.0 Å². The van der Waals surface area contributed by atoms with E-state index >= 15 is 0 Å². The highest BCUT2D eigenvalue weighted by Gasteiger charge is 2.47. The molecule has 19 nitrogen and oxygen atoms in total. The van der Waals surface area contributed by atoms with E-state index in [4.69, 9.17) is 9.47 Å². The van der Waals surface area contributed by atoms with Crippen molar-refractivity contribution in [3.05, 3.63) is 33.1 Å². The minimum Gasteiger partial charge on any atom is -0.756 e. The maximum Gasteiger partial charge on any atom is 0.330 e. The van der Waals surface area contributed by atoms with Crippen LogP contribution in [0.1, 0.15) is 20.1 Å². The lowest BCUT2D eigenvalue weighted by Crippen LogP contribution is -2.63. The Morgan fingerprint density at radius 1 is 1.11 bits per heavy atom. The summed E-state index contributed by atoms with van der Waals surface area (Å²) < 4.78 is 48.4. The second-order valence-electron chi connectivity index (χ2n) is 8.36. The Bertz CT molecular complexity index is 1220. The van der Waals surface area contributed by atoms with E-state index in [1.165, 1.54) is 6.92 Å². The number of nitrogens with one attached hydrogen (secondary N) is 2. The van der Waals surface area contributed by atoms with E-state index in [2.05, 4.69) is 18.7 Å². The molecule has 216 valence electrons. The zero-order valence-corrected chi connectivity index (χ0v) is 21.4. The molecule has 3 rings (SSSR count). The predicted octanol–water partition coefficient (Wildman–Crippen LogP) is -4.89. The standard InChI is InChI=1S/C17H27N3O16P2/c1-6-11(23)13(25)10(18-7(2)21)16(33-6)35-38(30,31)36-37(28,29)32-5-8-12(24)14(26)15(34-8)20-4-3-9(22)19-17(20)27/h3-4,6,8,10-16,23-26H,5H2,1-2H3,(H,18,21)(H,28,29)(H,30,31)(H,19,22,27)/p-2/t6-,8+,10+,11-,12+,13-,14+,15+,16+/m0/s1. The van der Waals surface area contributed by atoms with E-state index in [1.54, 1.807) is 0 Å². The molecule has 1 aromatic rings. The fourth-order valence-corrected chi connectivity index (χ4v) is 5.78. The van der Waals surface area contributed by atoms with Crippen molar-refractivity contribution in [2.24, 2.45) is 0 Å². The second-order valence-corrected chi connectivity index (χ2v) is 11.3. The summed E-state index contributed by atoms with van der Waals surface area (Å²) in [4.78, 5) is 60.8. The third-order valence-corrected chi connectivity index (χ3v) is 8.03.